The second-order valence-corrected chi connectivity index (χ2v) is 7.65. The monoisotopic (exact) mass is 452 g/mol. The summed E-state index contributed by atoms with van der Waals surface area (Å²) in [6.45, 7) is 0. The fraction of sp³-hybridized carbons (Fsp3) is 0.0952. The highest BCUT2D eigenvalue weighted by atomic mass is 79.9. The Balaban J connectivity index is 1.66. The molecular weight excluding hydrogens is 436 g/mol. The number of rotatable bonds is 5. The van der Waals surface area contributed by atoms with Gasteiger partial charge in [0.15, 0.2) is 5.82 Å². The maximum atomic E-state index is 10.3. The van der Waals surface area contributed by atoms with Crippen LogP contribution in [0.5, 0.6) is 5.75 Å². The van der Waals surface area contributed by atoms with Crippen molar-refractivity contribution in [1.82, 2.24) is 14.9 Å². The van der Waals surface area contributed by atoms with Crippen LogP contribution in [-0.4, -0.2) is 26.2 Å². The summed E-state index contributed by atoms with van der Waals surface area (Å²) in [5.74, 6) is 0.909. The van der Waals surface area contributed by atoms with Gasteiger partial charge in [0.1, 0.15) is 5.75 Å². The molecule has 0 saturated carbocycles. The van der Waals surface area contributed by atoms with Crippen LogP contribution < -0.4 is 0 Å². The molecule has 0 atom stereocenters. The average Bonchev–Trinajstić information content (AvgIpc) is 3.06. The molecule has 0 aliphatic heterocycles. The minimum absolute atomic E-state index is 0.166. The zero-order chi connectivity index (χ0) is 19.5. The predicted molar refractivity (Wildman–Crippen MR) is 118 cm³/mol. The van der Waals surface area contributed by atoms with E-state index in [0.29, 0.717) is 16.8 Å². The van der Waals surface area contributed by atoms with E-state index in [1.54, 1.807) is 17.0 Å². The predicted octanol–water partition coefficient (Wildman–Crippen LogP) is 5.23. The SMILES string of the molecule is Oc1ccc2cc(Br)ccc2c1/C=N\n1c(CCc2ccccc2)n[nH]c1=S. The zero-order valence-electron chi connectivity index (χ0n) is 14.8. The number of fused-ring (bicyclic) bond motifs is 1. The summed E-state index contributed by atoms with van der Waals surface area (Å²) in [6, 6.07) is 19.6. The summed E-state index contributed by atoms with van der Waals surface area (Å²) < 4.78 is 3.01. The van der Waals surface area contributed by atoms with Gasteiger partial charge < -0.3 is 5.11 Å². The van der Waals surface area contributed by atoms with Crippen LogP contribution in [0.2, 0.25) is 0 Å². The molecule has 0 aliphatic carbocycles. The number of nitrogens with zero attached hydrogens (tertiary/aromatic N) is 3. The average molecular weight is 453 g/mol. The van der Waals surface area contributed by atoms with E-state index >= 15 is 0 Å². The van der Waals surface area contributed by atoms with E-state index in [1.807, 2.05) is 42.5 Å². The van der Waals surface area contributed by atoms with Crippen molar-refractivity contribution in [3.8, 4) is 5.75 Å². The molecule has 0 fully saturated rings. The highest BCUT2D eigenvalue weighted by molar-refractivity contribution is 9.10. The van der Waals surface area contributed by atoms with Crippen LogP contribution in [0.15, 0.2) is 70.2 Å². The Morgan fingerprint density at radius 2 is 1.93 bits per heavy atom. The third-order valence-electron chi connectivity index (χ3n) is 4.50. The molecule has 28 heavy (non-hydrogen) atoms. The molecule has 3 aromatic carbocycles. The maximum absolute atomic E-state index is 10.3. The molecule has 0 bridgehead atoms. The fourth-order valence-corrected chi connectivity index (χ4v) is 3.65. The lowest BCUT2D eigenvalue weighted by Crippen LogP contribution is -2.02. The number of H-pyrrole nitrogens is 1. The second-order valence-electron chi connectivity index (χ2n) is 6.35. The van der Waals surface area contributed by atoms with Crippen molar-refractivity contribution in [2.45, 2.75) is 12.8 Å². The van der Waals surface area contributed by atoms with Gasteiger partial charge in [-0.25, -0.2) is 0 Å². The minimum atomic E-state index is 0.166. The summed E-state index contributed by atoms with van der Waals surface area (Å²) in [6.07, 6.45) is 3.16. The first-order valence-electron chi connectivity index (χ1n) is 8.77. The number of aromatic hydroxyl groups is 1. The van der Waals surface area contributed by atoms with Crippen LogP contribution in [0.4, 0.5) is 0 Å². The van der Waals surface area contributed by atoms with E-state index < -0.39 is 0 Å². The number of phenols is 1. The molecule has 2 N–H and O–H groups in total. The quantitative estimate of drug-likeness (QED) is 0.321. The molecule has 140 valence electrons. The van der Waals surface area contributed by atoms with Gasteiger partial charge in [0, 0.05) is 16.5 Å². The van der Waals surface area contributed by atoms with Crippen LogP contribution in [0.25, 0.3) is 10.8 Å². The molecule has 4 aromatic rings. The van der Waals surface area contributed by atoms with E-state index in [-0.39, 0.29) is 5.75 Å². The van der Waals surface area contributed by atoms with E-state index in [1.165, 1.54) is 5.56 Å². The maximum Gasteiger partial charge on any atom is 0.216 e. The van der Waals surface area contributed by atoms with Crippen molar-refractivity contribution in [3.63, 3.8) is 0 Å². The molecule has 0 amide bonds. The summed E-state index contributed by atoms with van der Waals surface area (Å²) >= 11 is 8.80. The molecule has 7 heteroatoms. The first-order valence-corrected chi connectivity index (χ1v) is 9.98. The largest absolute Gasteiger partial charge is 0.507 e. The van der Waals surface area contributed by atoms with E-state index in [0.717, 1.165) is 27.5 Å². The molecule has 1 aromatic heterocycles. The molecule has 0 radical (unpaired) electrons. The molecule has 0 unspecified atom stereocenters. The minimum Gasteiger partial charge on any atom is -0.507 e. The lowest BCUT2D eigenvalue weighted by Gasteiger charge is -2.06. The fourth-order valence-electron chi connectivity index (χ4n) is 3.07. The lowest BCUT2D eigenvalue weighted by atomic mass is 10.0. The number of aromatic nitrogens is 3. The van der Waals surface area contributed by atoms with Crippen molar-refractivity contribution in [1.29, 1.82) is 0 Å². The van der Waals surface area contributed by atoms with Crippen molar-refractivity contribution in [2.75, 3.05) is 0 Å². The standard InChI is InChI=1S/C21H17BrN4OS/c22-16-8-9-17-15(12-16)7-10-19(27)18(17)13-23-26-20(24-25-21(26)28)11-6-14-4-2-1-3-5-14/h1-5,7-10,12-13,27H,6,11H2,(H,25,28)/b23-13-. The van der Waals surface area contributed by atoms with Gasteiger partial charge in [-0.05, 0) is 53.2 Å². The number of halogens is 1. The summed E-state index contributed by atoms with van der Waals surface area (Å²) in [5.41, 5.74) is 1.87. The van der Waals surface area contributed by atoms with Crippen molar-refractivity contribution >= 4 is 45.1 Å². The van der Waals surface area contributed by atoms with Gasteiger partial charge in [0.05, 0.1) is 6.21 Å². The van der Waals surface area contributed by atoms with Gasteiger partial charge in [0.25, 0.3) is 0 Å². The zero-order valence-corrected chi connectivity index (χ0v) is 17.2. The van der Waals surface area contributed by atoms with Crippen molar-refractivity contribution < 1.29 is 5.11 Å². The van der Waals surface area contributed by atoms with Crippen LogP contribution in [0, 0.1) is 4.77 Å². The number of nitrogens with one attached hydrogen (secondary N) is 1. The number of phenolic OH excluding ortho intramolecular Hbond substituents is 1. The van der Waals surface area contributed by atoms with E-state index in [4.69, 9.17) is 12.2 Å². The van der Waals surface area contributed by atoms with E-state index in [2.05, 4.69) is 43.4 Å². The Kier molecular flexibility index (Phi) is 5.36. The topological polar surface area (TPSA) is 66.2 Å². The normalized spacial score (nSPS) is 11.5. The molecule has 1 heterocycles. The van der Waals surface area contributed by atoms with Crippen molar-refractivity contribution in [2.24, 2.45) is 5.10 Å². The van der Waals surface area contributed by atoms with Gasteiger partial charge in [-0.3, -0.25) is 5.10 Å². The Hall–Kier alpha value is -2.77. The highest BCUT2D eigenvalue weighted by Gasteiger charge is 2.08. The number of hydrogen-bond acceptors (Lipinski definition) is 4. The number of aryl methyl sites for hydroxylation is 2. The Morgan fingerprint density at radius 1 is 1.11 bits per heavy atom. The second kappa shape index (κ2) is 8.08. The third kappa shape index (κ3) is 3.90. The summed E-state index contributed by atoms with van der Waals surface area (Å²) in [4.78, 5) is 0. The third-order valence-corrected chi connectivity index (χ3v) is 5.26. The van der Waals surface area contributed by atoms with Gasteiger partial charge in [-0.1, -0.05) is 58.4 Å². The van der Waals surface area contributed by atoms with Crippen LogP contribution in [-0.2, 0) is 12.8 Å². The summed E-state index contributed by atoms with van der Waals surface area (Å²) in [5, 5.41) is 23.9. The van der Waals surface area contributed by atoms with Gasteiger partial charge in [0.2, 0.25) is 4.77 Å². The molecule has 5 nitrogen and oxygen atoms in total. The Bertz CT molecular complexity index is 1210. The number of hydrogen-bond donors (Lipinski definition) is 2. The Morgan fingerprint density at radius 3 is 2.75 bits per heavy atom. The molecule has 0 aliphatic rings. The van der Waals surface area contributed by atoms with Gasteiger partial charge in [-0.2, -0.15) is 14.9 Å². The first-order chi connectivity index (χ1) is 13.6. The summed E-state index contributed by atoms with van der Waals surface area (Å²) in [7, 11) is 0. The highest BCUT2D eigenvalue weighted by Crippen LogP contribution is 2.28. The van der Waals surface area contributed by atoms with Crippen LogP contribution in [0.1, 0.15) is 17.0 Å². The van der Waals surface area contributed by atoms with Crippen LogP contribution >= 0.6 is 28.1 Å². The van der Waals surface area contributed by atoms with Crippen molar-refractivity contribution in [3.05, 3.63) is 86.9 Å². The van der Waals surface area contributed by atoms with Gasteiger partial charge in [-0.15, -0.1) is 0 Å². The molecule has 4 rings (SSSR count). The first kappa shape index (κ1) is 18.6. The van der Waals surface area contributed by atoms with Crippen LogP contribution in [0.3, 0.4) is 0 Å². The number of benzene rings is 3. The van der Waals surface area contributed by atoms with E-state index in [9.17, 15) is 5.11 Å². The number of aromatic amines is 1. The molecular formula is C21H17BrN4OS. The smallest absolute Gasteiger partial charge is 0.216 e. The van der Waals surface area contributed by atoms with Gasteiger partial charge >= 0.3 is 0 Å². The Labute approximate surface area is 175 Å². The molecule has 0 saturated heterocycles. The lowest BCUT2D eigenvalue weighted by molar-refractivity contribution is 0.475. The molecule has 0 spiro atoms.